The molecule has 0 bridgehead atoms. The van der Waals surface area contributed by atoms with Crippen molar-refractivity contribution in [3.63, 3.8) is 0 Å². The molecule has 0 spiro atoms. The van der Waals surface area contributed by atoms with Crippen molar-refractivity contribution in [2.75, 3.05) is 6.61 Å². The molecule has 0 saturated carbocycles. The normalized spacial score (nSPS) is 17.0. The molecule has 35 heavy (non-hydrogen) atoms. The second-order valence-electron chi connectivity index (χ2n) is 8.26. The highest BCUT2D eigenvalue weighted by Gasteiger charge is 2.39. The van der Waals surface area contributed by atoms with E-state index in [1.165, 1.54) is 0 Å². The quantitative estimate of drug-likeness (QED) is 0.494. The number of aliphatic hydroxyl groups is 1. The minimum Gasteiger partial charge on any atom is -0.477 e. The molecule has 1 aliphatic carbocycles. The summed E-state index contributed by atoms with van der Waals surface area (Å²) in [6.07, 6.45) is 0.343. The number of rotatable bonds is 6. The topological polar surface area (TPSA) is 97.2 Å². The Morgan fingerprint density at radius 2 is 2.11 bits per heavy atom. The predicted molar refractivity (Wildman–Crippen MR) is 128 cm³/mol. The van der Waals surface area contributed by atoms with E-state index < -0.39 is 30.1 Å². The summed E-state index contributed by atoms with van der Waals surface area (Å²) in [4.78, 5) is 31.8. The molecule has 12 heteroatoms. The molecule has 0 saturated heterocycles. The lowest BCUT2D eigenvalue weighted by molar-refractivity contribution is -0.207. The third-order valence-corrected chi connectivity index (χ3v) is 7.31. The number of aliphatic hydroxyl groups excluding tert-OH is 1. The molecule has 186 valence electrons. The van der Waals surface area contributed by atoms with Gasteiger partial charge in [-0.2, -0.15) is 13.2 Å². The number of nitrogens with one attached hydrogen (secondary N) is 1. The lowest BCUT2D eigenvalue weighted by atomic mass is 10.0. The van der Waals surface area contributed by atoms with E-state index in [-0.39, 0.29) is 16.1 Å². The van der Waals surface area contributed by atoms with Gasteiger partial charge in [0.05, 0.1) is 18.5 Å². The maximum Gasteiger partial charge on any atom is 0.416 e. The van der Waals surface area contributed by atoms with Gasteiger partial charge in [0.2, 0.25) is 5.88 Å². The van der Waals surface area contributed by atoms with Crippen LogP contribution in [0.15, 0.2) is 45.1 Å². The fourth-order valence-electron chi connectivity index (χ4n) is 3.78. The van der Waals surface area contributed by atoms with Crippen LogP contribution in [0.5, 0.6) is 5.88 Å². The average Bonchev–Trinajstić information content (AvgIpc) is 3.13. The number of H-pyrrole nitrogens is 1. The van der Waals surface area contributed by atoms with Gasteiger partial charge in [0.1, 0.15) is 4.83 Å². The molecule has 3 aromatic heterocycles. The van der Waals surface area contributed by atoms with Crippen molar-refractivity contribution < 1.29 is 23.0 Å². The summed E-state index contributed by atoms with van der Waals surface area (Å²) in [5, 5.41) is 10.3. The summed E-state index contributed by atoms with van der Waals surface area (Å²) in [6.45, 7) is 2.83. The number of nitrogens with zero attached hydrogens (tertiary/aromatic N) is 2. The van der Waals surface area contributed by atoms with Crippen LogP contribution in [-0.2, 0) is 6.54 Å². The Morgan fingerprint density at radius 1 is 1.37 bits per heavy atom. The Kier molecular flexibility index (Phi) is 6.94. The van der Waals surface area contributed by atoms with Crippen molar-refractivity contribution in [2.45, 2.75) is 39.1 Å². The van der Waals surface area contributed by atoms with E-state index in [0.29, 0.717) is 33.5 Å². The van der Waals surface area contributed by atoms with Crippen molar-refractivity contribution in [2.24, 2.45) is 5.92 Å². The Balaban J connectivity index is 1.66. The third-order valence-electron chi connectivity index (χ3n) is 5.67. The second-order valence-corrected chi connectivity index (χ2v) is 9.70. The first-order chi connectivity index (χ1) is 16.5. The van der Waals surface area contributed by atoms with Gasteiger partial charge in [-0.1, -0.05) is 23.8 Å². The zero-order valence-electron chi connectivity index (χ0n) is 18.6. The number of aromatic amines is 1. The van der Waals surface area contributed by atoms with Gasteiger partial charge in [-0.25, -0.2) is 9.78 Å². The molecule has 0 aromatic carbocycles. The molecule has 0 amide bonds. The van der Waals surface area contributed by atoms with Crippen molar-refractivity contribution >= 4 is 33.2 Å². The molecule has 0 aliphatic heterocycles. The first kappa shape index (κ1) is 25.2. The number of hydrogen-bond donors (Lipinski definition) is 2. The Labute approximate surface area is 206 Å². The summed E-state index contributed by atoms with van der Waals surface area (Å²) in [6, 6.07) is 1.80. The summed E-state index contributed by atoms with van der Waals surface area (Å²) >= 11 is 6.93. The van der Waals surface area contributed by atoms with Crippen LogP contribution in [-0.4, -0.2) is 38.5 Å². The van der Waals surface area contributed by atoms with E-state index in [2.05, 4.69) is 4.98 Å². The van der Waals surface area contributed by atoms with E-state index in [4.69, 9.17) is 16.3 Å². The monoisotopic (exact) mass is 527 g/mol. The Hall–Kier alpha value is -2.89. The van der Waals surface area contributed by atoms with Crippen LogP contribution in [0, 0.1) is 19.8 Å². The van der Waals surface area contributed by atoms with Gasteiger partial charge in [0.25, 0.3) is 5.56 Å². The average molecular weight is 528 g/mol. The predicted octanol–water partition coefficient (Wildman–Crippen LogP) is 4.43. The van der Waals surface area contributed by atoms with Crippen molar-refractivity contribution in [1.82, 2.24) is 14.5 Å². The standard InChI is InChI=1S/C23H21ClF3N3O4S/c1-11-7-14(8-28-20(11)34-10-13-3-5-15(24)6-4-13)18-12(2)17-19(32)29-22(33)30(21(17)35-18)9-16(31)23(25,26)27/h3,5-8,13,16,31H,4,9-10H2,1-2H3,(H,29,32,33). The molecule has 2 atom stereocenters. The Morgan fingerprint density at radius 3 is 2.74 bits per heavy atom. The summed E-state index contributed by atoms with van der Waals surface area (Å²) in [7, 11) is 0. The van der Waals surface area contributed by atoms with Crippen LogP contribution in [0.3, 0.4) is 0 Å². The highest BCUT2D eigenvalue weighted by molar-refractivity contribution is 7.22. The minimum atomic E-state index is -4.91. The van der Waals surface area contributed by atoms with Gasteiger partial charge in [-0.05, 0) is 38.0 Å². The molecule has 1 aliphatic rings. The number of aryl methyl sites for hydroxylation is 2. The van der Waals surface area contributed by atoms with Gasteiger partial charge in [-0.3, -0.25) is 14.3 Å². The van der Waals surface area contributed by atoms with Crippen LogP contribution < -0.4 is 16.0 Å². The van der Waals surface area contributed by atoms with E-state index in [1.54, 1.807) is 19.2 Å². The lowest BCUT2D eigenvalue weighted by Crippen LogP contribution is -2.38. The van der Waals surface area contributed by atoms with Gasteiger partial charge >= 0.3 is 11.9 Å². The molecule has 2 unspecified atom stereocenters. The third kappa shape index (κ3) is 5.21. The van der Waals surface area contributed by atoms with E-state index in [0.717, 1.165) is 27.9 Å². The molecule has 2 N–H and O–H groups in total. The van der Waals surface area contributed by atoms with E-state index in [1.807, 2.05) is 30.1 Å². The number of pyridine rings is 1. The Bertz CT molecular complexity index is 1460. The number of fused-ring (bicyclic) bond motifs is 1. The number of halogens is 4. The molecule has 3 heterocycles. The highest BCUT2D eigenvalue weighted by atomic mass is 35.5. The van der Waals surface area contributed by atoms with Gasteiger partial charge in [0, 0.05) is 33.2 Å². The number of thiophene rings is 1. The van der Waals surface area contributed by atoms with Crippen molar-refractivity contribution in [1.29, 1.82) is 0 Å². The summed E-state index contributed by atoms with van der Waals surface area (Å²) in [5.41, 5.74) is 0.112. The van der Waals surface area contributed by atoms with Gasteiger partial charge in [-0.15, -0.1) is 11.3 Å². The van der Waals surface area contributed by atoms with Gasteiger partial charge in [0.15, 0.2) is 6.10 Å². The number of hydrogen-bond acceptors (Lipinski definition) is 6. The first-order valence-electron chi connectivity index (χ1n) is 10.6. The highest BCUT2D eigenvalue weighted by Crippen LogP contribution is 2.37. The summed E-state index contributed by atoms with van der Waals surface area (Å²) in [5.74, 6) is 0.600. The molecule has 0 fully saturated rings. The van der Waals surface area contributed by atoms with Crippen LogP contribution in [0.2, 0.25) is 0 Å². The minimum absolute atomic E-state index is 0.0448. The second kappa shape index (κ2) is 9.63. The van der Waals surface area contributed by atoms with Crippen molar-refractivity contribution in [3.8, 4) is 16.3 Å². The zero-order chi connectivity index (χ0) is 25.5. The SMILES string of the molecule is Cc1cc(-c2sc3c(c2C)c(=O)[nH]c(=O)n3CC(O)C(F)(F)F)cnc1OCC1C=CC(Cl)=CC1. The molecule has 4 rings (SSSR count). The van der Waals surface area contributed by atoms with Crippen LogP contribution in [0.1, 0.15) is 17.5 Å². The molecule has 0 radical (unpaired) electrons. The zero-order valence-corrected chi connectivity index (χ0v) is 20.2. The molecule has 3 aromatic rings. The largest absolute Gasteiger partial charge is 0.477 e. The molecule has 7 nitrogen and oxygen atoms in total. The molecular formula is C23H21ClF3N3O4S. The molecular weight excluding hydrogens is 507 g/mol. The van der Waals surface area contributed by atoms with Crippen LogP contribution >= 0.6 is 22.9 Å². The fraction of sp³-hybridized carbons (Fsp3) is 0.348. The lowest BCUT2D eigenvalue weighted by Gasteiger charge is -2.16. The first-order valence-corrected chi connectivity index (χ1v) is 11.8. The van der Waals surface area contributed by atoms with Crippen LogP contribution in [0.4, 0.5) is 13.2 Å². The number of allylic oxidation sites excluding steroid dienone is 3. The van der Waals surface area contributed by atoms with E-state index in [9.17, 15) is 27.9 Å². The van der Waals surface area contributed by atoms with E-state index >= 15 is 0 Å². The number of ether oxygens (including phenoxy) is 1. The number of alkyl halides is 3. The van der Waals surface area contributed by atoms with Crippen molar-refractivity contribution in [3.05, 3.63) is 67.5 Å². The van der Waals surface area contributed by atoms with Crippen LogP contribution in [0.25, 0.3) is 20.7 Å². The van der Waals surface area contributed by atoms with Gasteiger partial charge < -0.3 is 9.84 Å². The maximum atomic E-state index is 12.9. The fourth-order valence-corrected chi connectivity index (χ4v) is 5.23. The smallest absolute Gasteiger partial charge is 0.416 e. The number of aromatic nitrogens is 3. The summed E-state index contributed by atoms with van der Waals surface area (Å²) < 4.78 is 45.3. The maximum absolute atomic E-state index is 12.9.